The lowest BCUT2D eigenvalue weighted by molar-refractivity contribution is 0.416. The van der Waals surface area contributed by atoms with Gasteiger partial charge in [-0.1, -0.05) is 37.2 Å². The Balaban J connectivity index is 2.07. The number of aromatic nitrogens is 2. The molecule has 0 amide bonds. The minimum absolute atomic E-state index is 0.591. The number of hydrogen-bond donors (Lipinski definition) is 1. The lowest BCUT2D eigenvalue weighted by Gasteiger charge is -2.13. The van der Waals surface area contributed by atoms with E-state index in [0.29, 0.717) is 10.6 Å². The van der Waals surface area contributed by atoms with Crippen LogP contribution in [-0.4, -0.2) is 17.1 Å². The Morgan fingerprint density at radius 1 is 1.25 bits per heavy atom. The molecule has 1 aliphatic carbocycles. The Labute approximate surface area is 124 Å². The molecule has 0 atom stereocenters. The van der Waals surface area contributed by atoms with Crippen LogP contribution in [0.2, 0.25) is 0 Å². The molecule has 0 unspecified atom stereocenters. The number of methoxy groups -OCH3 is 1. The first-order valence-corrected chi connectivity index (χ1v) is 7.43. The third kappa shape index (κ3) is 2.61. The summed E-state index contributed by atoms with van der Waals surface area (Å²) in [5.41, 5.74) is 2.17. The Bertz CT molecular complexity index is 660. The molecule has 4 heteroatoms. The Hall–Kier alpha value is -1.68. The van der Waals surface area contributed by atoms with Crippen molar-refractivity contribution in [1.82, 2.24) is 9.97 Å². The molecule has 0 aliphatic heterocycles. The van der Waals surface area contributed by atoms with Crippen molar-refractivity contribution in [2.75, 3.05) is 7.11 Å². The van der Waals surface area contributed by atoms with E-state index in [1.165, 1.54) is 31.4 Å². The summed E-state index contributed by atoms with van der Waals surface area (Å²) in [6, 6.07) is 9.89. The number of rotatable bonds is 3. The van der Waals surface area contributed by atoms with Gasteiger partial charge >= 0.3 is 0 Å². The second kappa shape index (κ2) is 5.75. The Morgan fingerprint density at radius 2 is 2.00 bits per heavy atom. The topological polar surface area (TPSA) is 37.9 Å². The van der Waals surface area contributed by atoms with Gasteiger partial charge in [-0.05, 0) is 37.0 Å². The molecule has 0 bridgehead atoms. The number of hydrogen-bond acceptors (Lipinski definition) is 3. The Kier molecular flexibility index (Phi) is 3.83. The van der Waals surface area contributed by atoms with E-state index < -0.39 is 0 Å². The smallest absolute Gasteiger partial charge is 0.142 e. The average Bonchev–Trinajstić information content (AvgIpc) is 3.01. The van der Waals surface area contributed by atoms with Crippen molar-refractivity contribution in [3.63, 3.8) is 0 Å². The largest absolute Gasteiger partial charge is 0.496 e. The molecule has 1 heterocycles. The van der Waals surface area contributed by atoms with Crippen LogP contribution in [0.15, 0.2) is 30.3 Å². The highest BCUT2D eigenvalue weighted by Crippen LogP contribution is 2.34. The highest BCUT2D eigenvalue weighted by molar-refractivity contribution is 7.71. The minimum Gasteiger partial charge on any atom is -0.496 e. The van der Waals surface area contributed by atoms with Crippen molar-refractivity contribution in [2.24, 2.45) is 0 Å². The van der Waals surface area contributed by atoms with Crippen molar-refractivity contribution in [3.05, 3.63) is 40.7 Å². The number of nitrogens with one attached hydrogen (secondary N) is 1. The van der Waals surface area contributed by atoms with Gasteiger partial charge in [-0.25, -0.2) is 4.98 Å². The van der Waals surface area contributed by atoms with Gasteiger partial charge in [0.2, 0.25) is 0 Å². The van der Waals surface area contributed by atoms with E-state index in [4.69, 9.17) is 17.0 Å². The maximum Gasteiger partial charge on any atom is 0.142 e. The third-order valence-corrected chi connectivity index (χ3v) is 4.13. The van der Waals surface area contributed by atoms with Crippen LogP contribution >= 0.6 is 12.2 Å². The standard InChI is InChI=1S/C16H18N2OS/c1-19-14-9-5-4-8-12(14)16-17-13(10-15(20)18-16)11-6-2-3-7-11/h4-5,8-11H,2-3,6-7H2,1H3,(H,17,18,20). The number of benzene rings is 1. The molecule has 1 N–H and O–H groups in total. The maximum absolute atomic E-state index is 5.41. The van der Waals surface area contributed by atoms with Crippen LogP contribution in [0, 0.1) is 4.64 Å². The summed E-state index contributed by atoms with van der Waals surface area (Å²) in [5.74, 6) is 2.21. The van der Waals surface area contributed by atoms with E-state index in [-0.39, 0.29) is 0 Å². The Morgan fingerprint density at radius 3 is 2.75 bits per heavy atom. The molecule has 0 spiro atoms. The van der Waals surface area contributed by atoms with Crippen molar-refractivity contribution >= 4 is 12.2 Å². The molecule has 20 heavy (non-hydrogen) atoms. The zero-order valence-electron chi connectivity index (χ0n) is 11.6. The van der Waals surface area contributed by atoms with Gasteiger partial charge in [0.1, 0.15) is 16.2 Å². The molecule has 0 radical (unpaired) electrons. The van der Waals surface area contributed by atoms with Gasteiger partial charge in [-0.15, -0.1) is 0 Å². The third-order valence-electron chi connectivity index (χ3n) is 3.92. The number of H-pyrrole nitrogens is 1. The first kappa shape index (κ1) is 13.3. The number of ether oxygens (including phenoxy) is 1. The van der Waals surface area contributed by atoms with Crippen LogP contribution in [0.25, 0.3) is 11.4 Å². The minimum atomic E-state index is 0.591. The summed E-state index contributed by atoms with van der Waals surface area (Å²) in [4.78, 5) is 7.92. The SMILES string of the molecule is COc1ccccc1-c1nc(=S)cc(C2CCCC2)[nH]1. The summed E-state index contributed by atoms with van der Waals surface area (Å²) in [5, 5.41) is 0. The van der Waals surface area contributed by atoms with Gasteiger partial charge in [-0.3, -0.25) is 0 Å². The van der Waals surface area contributed by atoms with Crippen molar-refractivity contribution in [3.8, 4) is 17.1 Å². The first-order chi connectivity index (χ1) is 9.78. The monoisotopic (exact) mass is 286 g/mol. The van der Waals surface area contributed by atoms with Crippen LogP contribution in [0.1, 0.15) is 37.3 Å². The summed E-state index contributed by atoms with van der Waals surface area (Å²) in [6.07, 6.45) is 5.08. The van der Waals surface area contributed by atoms with Crippen LogP contribution < -0.4 is 4.74 Å². The molecule has 3 rings (SSSR count). The molecule has 1 fully saturated rings. The molecule has 3 nitrogen and oxygen atoms in total. The molecule has 1 saturated carbocycles. The van der Waals surface area contributed by atoms with Crippen molar-refractivity contribution in [1.29, 1.82) is 0 Å². The van der Waals surface area contributed by atoms with Gasteiger partial charge < -0.3 is 9.72 Å². The maximum atomic E-state index is 5.41. The van der Waals surface area contributed by atoms with Crippen LogP contribution in [0.5, 0.6) is 5.75 Å². The fourth-order valence-electron chi connectivity index (χ4n) is 2.90. The quantitative estimate of drug-likeness (QED) is 0.846. The van der Waals surface area contributed by atoms with Gasteiger partial charge in [0.15, 0.2) is 0 Å². The van der Waals surface area contributed by atoms with E-state index in [2.05, 4.69) is 9.97 Å². The van der Waals surface area contributed by atoms with Crippen LogP contribution in [0.3, 0.4) is 0 Å². The normalized spacial score (nSPS) is 15.4. The molecule has 1 aromatic carbocycles. The highest BCUT2D eigenvalue weighted by Gasteiger charge is 2.19. The predicted octanol–water partition coefficient (Wildman–Crippen LogP) is 4.47. The predicted molar refractivity (Wildman–Crippen MR) is 82.6 cm³/mol. The zero-order chi connectivity index (χ0) is 13.9. The van der Waals surface area contributed by atoms with Crippen LogP contribution in [0.4, 0.5) is 0 Å². The highest BCUT2D eigenvalue weighted by atomic mass is 32.1. The molecule has 0 saturated heterocycles. The average molecular weight is 286 g/mol. The zero-order valence-corrected chi connectivity index (χ0v) is 12.4. The van der Waals surface area contributed by atoms with Gasteiger partial charge in [0, 0.05) is 5.69 Å². The van der Waals surface area contributed by atoms with E-state index in [1.54, 1.807) is 7.11 Å². The molecule has 1 aromatic heterocycles. The van der Waals surface area contributed by atoms with E-state index in [9.17, 15) is 0 Å². The summed E-state index contributed by atoms with van der Waals surface area (Å²) in [7, 11) is 1.67. The van der Waals surface area contributed by atoms with Crippen LogP contribution in [-0.2, 0) is 0 Å². The summed E-state index contributed by atoms with van der Waals surface area (Å²) < 4.78 is 6.06. The van der Waals surface area contributed by atoms with Gasteiger partial charge in [-0.2, -0.15) is 0 Å². The fourth-order valence-corrected chi connectivity index (χ4v) is 3.12. The second-order valence-corrected chi connectivity index (χ2v) is 5.62. The lowest BCUT2D eigenvalue weighted by Crippen LogP contribution is -2.01. The molecule has 1 aliphatic rings. The van der Waals surface area contributed by atoms with E-state index >= 15 is 0 Å². The van der Waals surface area contributed by atoms with Crippen molar-refractivity contribution in [2.45, 2.75) is 31.6 Å². The number of aromatic amines is 1. The summed E-state index contributed by atoms with van der Waals surface area (Å²) >= 11 is 5.33. The fraction of sp³-hybridized carbons (Fsp3) is 0.375. The van der Waals surface area contributed by atoms with E-state index in [1.807, 2.05) is 30.3 Å². The lowest BCUT2D eigenvalue weighted by atomic mass is 10.0. The molecular formula is C16H18N2OS. The van der Waals surface area contributed by atoms with Gasteiger partial charge in [0.05, 0.1) is 12.7 Å². The molecule has 104 valence electrons. The summed E-state index contributed by atoms with van der Waals surface area (Å²) in [6.45, 7) is 0. The first-order valence-electron chi connectivity index (χ1n) is 7.02. The number of para-hydroxylation sites is 1. The molecule has 2 aromatic rings. The van der Waals surface area contributed by atoms with E-state index in [0.717, 1.165) is 17.1 Å². The van der Waals surface area contributed by atoms with Crippen molar-refractivity contribution < 1.29 is 4.74 Å². The number of nitrogens with zero attached hydrogens (tertiary/aromatic N) is 1. The molecular weight excluding hydrogens is 268 g/mol. The van der Waals surface area contributed by atoms with Gasteiger partial charge in [0.25, 0.3) is 0 Å². The second-order valence-electron chi connectivity index (χ2n) is 5.20.